The van der Waals surface area contributed by atoms with Crippen LogP contribution in [0.1, 0.15) is 24.2 Å². The van der Waals surface area contributed by atoms with Gasteiger partial charge in [0.05, 0.1) is 47.2 Å². The SMILES string of the molecule is C[C@@H]1CN([C@@H](C)CO)C(=O)c2cccc(NC(=O)Nc3cncc4ccccc34)c2O[C@H]1CN(C)S(=O)(=O)c1ccc2c(c1)OCCO2. The van der Waals surface area contributed by atoms with Crippen molar-refractivity contribution in [1.29, 1.82) is 0 Å². The van der Waals surface area contributed by atoms with E-state index in [0.29, 0.717) is 30.4 Å². The molecule has 6 rings (SSSR count). The minimum atomic E-state index is -4.01. The van der Waals surface area contributed by atoms with Gasteiger partial charge in [-0.1, -0.05) is 37.3 Å². The van der Waals surface area contributed by atoms with Crippen LogP contribution in [0.25, 0.3) is 10.8 Å². The molecule has 0 radical (unpaired) electrons. The number of hydrogen-bond acceptors (Lipinski definition) is 9. The van der Waals surface area contributed by atoms with E-state index in [1.165, 1.54) is 23.5 Å². The van der Waals surface area contributed by atoms with Crippen LogP contribution in [0.4, 0.5) is 16.2 Å². The number of hydrogen-bond donors (Lipinski definition) is 3. The van der Waals surface area contributed by atoms with Crippen LogP contribution in [0, 0.1) is 5.92 Å². The average molecular weight is 676 g/mol. The van der Waals surface area contributed by atoms with Crippen LogP contribution in [0.5, 0.6) is 17.2 Å². The number of pyridine rings is 1. The summed E-state index contributed by atoms with van der Waals surface area (Å²) in [7, 11) is -2.55. The number of benzene rings is 3. The van der Waals surface area contributed by atoms with E-state index in [2.05, 4.69) is 15.6 Å². The van der Waals surface area contributed by atoms with Gasteiger partial charge >= 0.3 is 6.03 Å². The van der Waals surface area contributed by atoms with Crippen molar-refractivity contribution < 1.29 is 37.3 Å². The van der Waals surface area contributed by atoms with Crippen LogP contribution < -0.4 is 24.8 Å². The number of para-hydroxylation sites is 1. The van der Waals surface area contributed by atoms with E-state index in [1.54, 1.807) is 48.5 Å². The molecule has 3 atom stereocenters. The van der Waals surface area contributed by atoms with E-state index >= 15 is 0 Å². The highest BCUT2D eigenvalue weighted by Gasteiger charge is 2.36. The van der Waals surface area contributed by atoms with E-state index in [-0.39, 0.29) is 41.6 Å². The molecule has 0 unspecified atom stereocenters. The first-order chi connectivity index (χ1) is 23.1. The molecule has 3 N–H and O–H groups in total. The van der Waals surface area contributed by atoms with Crippen molar-refractivity contribution in [2.24, 2.45) is 5.92 Å². The van der Waals surface area contributed by atoms with Gasteiger partial charge in [0.2, 0.25) is 10.0 Å². The molecule has 13 nitrogen and oxygen atoms in total. The van der Waals surface area contributed by atoms with Crippen LogP contribution in [-0.4, -0.2) is 91.8 Å². The van der Waals surface area contributed by atoms with E-state index in [0.717, 1.165) is 10.8 Å². The zero-order chi connectivity index (χ0) is 34.0. The summed E-state index contributed by atoms with van der Waals surface area (Å²) in [6.07, 6.45) is 2.47. The van der Waals surface area contributed by atoms with E-state index < -0.39 is 40.0 Å². The summed E-state index contributed by atoms with van der Waals surface area (Å²) in [6.45, 7) is 4.09. The highest BCUT2D eigenvalue weighted by Crippen LogP contribution is 2.37. The number of ether oxygens (including phenoxy) is 3. The van der Waals surface area contributed by atoms with Gasteiger partial charge in [0.15, 0.2) is 17.2 Å². The van der Waals surface area contributed by atoms with E-state index in [9.17, 15) is 23.1 Å². The number of anilines is 2. The summed E-state index contributed by atoms with van der Waals surface area (Å²) < 4.78 is 46.4. The molecule has 2 aliphatic rings. The number of aliphatic hydroxyl groups is 1. The van der Waals surface area contributed by atoms with Gasteiger partial charge in [0, 0.05) is 42.5 Å². The maximum Gasteiger partial charge on any atom is 0.323 e. The van der Waals surface area contributed by atoms with Gasteiger partial charge in [-0.25, -0.2) is 13.2 Å². The summed E-state index contributed by atoms with van der Waals surface area (Å²) in [5.74, 6) is 0.125. The Morgan fingerprint density at radius 2 is 1.79 bits per heavy atom. The molecule has 3 heterocycles. The van der Waals surface area contributed by atoms with Gasteiger partial charge in [-0.05, 0) is 31.2 Å². The first-order valence-electron chi connectivity index (χ1n) is 15.5. The molecule has 0 bridgehead atoms. The second-order valence-electron chi connectivity index (χ2n) is 11.9. The molecule has 0 saturated carbocycles. The number of aromatic nitrogens is 1. The lowest BCUT2D eigenvalue weighted by molar-refractivity contribution is 0.0389. The predicted molar refractivity (Wildman–Crippen MR) is 179 cm³/mol. The summed E-state index contributed by atoms with van der Waals surface area (Å²) in [5.41, 5.74) is 0.857. The fourth-order valence-electron chi connectivity index (χ4n) is 5.77. The Kier molecular flexibility index (Phi) is 9.40. The molecule has 0 aliphatic carbocycles. The van der Waals surface area contributed by atoms with Crippen LogP contribution in [0.3, 0.4) is 0 Å². The van der Waals surface area contributed by atoms with E-state index in [4.69, 9.17) is 14.2 Å². The molecule has 252 valence electrons. The minimum Gasteiger partial charge on any atom is -0.486 e. The molecule has 48 heavy (non-hydrogen) atoms. The first-order valence-corrected chi connectivity index (χ1v) is 17.0. The number of urea groups is 1. The Morgan fingerprint density at radius 1 is 1.04 bits per heavy atom. The van der Waals surface area contributed by atoms with Gasteiger partial charge in [-0.3, -0.25) is 9.78 Å². The van der Waals surface area contributed by atoms with Crippen LogP contribution in [0.15, 0.2) is 78.0 Å². The molecule has 0 spiro atoms. The maximum absolute atomic E-state index is 13.9. The highest BCUT2D eigenvalue weighted by atomic mass is 32.2. The first kappa shape index (κ1) is 33.0. The van der Waals surface area contributed by atoms with Gasteiger partial charge in [-0.2, -0.15) is 4.31 Å². The van der Waals surface area contributed by atoms with Crippen molar-refractivity contribution in [3.63, 3.8) is 0 Å². The van der Waals surface area contributed by atoms with Crippen molar-refractivity contribution in [2.45, 2.75) is 30.9 Å². The standard InChI is InChI=1S/C34H37N5O8S/c1-21-18-39(22(2)20-40)33(41)26-9-6-10-27(36-34(42)37-28-17-35-16-23-7-4-5-8-25(23)28)32(26)47-31(21)19-38(3)48(43,44)24-11-12-29-30(15-24)46-14-13-45-29/h4-12,15-17,21-22,31,40H,13-14,18-20H2,1-3H3,(H2,36,37,42)/t21-,22+,31+/m1/s1. The summed E-state index contributed by atoms with van der Waals surface area (Å²) >= 11 is 0. The number of aliphatic hydroxyl groups excluding tert-OH is 1. The molecule has 4 aromatic rings. The van der Waals surface area contributed by atoms with Crippen LogP contribution in [-0.2, 0) is 10.0 Å². The number of sulfonamides is 1. The Hall–Kier alpha value is -4.92. The maximum atomic E-state index is 13.9. The summed E-state index contributed by atoms with van der Waals surface area (Å²) in [4.78, 5) is 33.0. The second kappa shape index (κ2) is 13.7. The number of nitrogens with one attached hydrogen (secondary N) is 2. The molecule has 1 aromatic heterocycles. The number of carbonyl (C=O) groups excluding carboxylic acids is 2. The quantitative estimate of drug-likeness (QED) is 0.249. The fraction of sp³-hybridized carbons (Fsp3) is 0.324. The largest absolute Gasteiger partial charge is 0.486 e. The van der Waals surface area contributed by atoms with E-state index in [1.807, 2.05) is 31.2 Å². The molecule has 3 amide bonds. The van der Waals surface area contributed by atoms with Crippen LogP contribution in [0.2, 0.25) is 0 Å². The Labute approximate surface area is 278 Å². The molecule has 2 aliphatic heterocycles. The fourth-order valence-corrected chi connectivity index (χ4v) is 6.97. The van der Waals surface area contributed by atoms with Crippen molar-refractivity contribution in [1.82, 2.24) is 14.2 Å². The molecular formula is C34H37N5O8S. The lowest BCUT2D eigenvalue weighted by Gasteiger charge is -2.38. The smallest absolute Gasteiger partial charge is 0.323 e. The van der Waals surface area contributed by atoms with Crippen molar-refractivity contribution >= 4 is 44.1 Å². The van der Waals surface area contributed by atoms with Gasteiger partial charge < -0.3 is 34.9 Å². The average Bonchev–Trinajstić information content (AvgIpc) is 3.09. The topological polar surface area (TPSA) is 160 Å². The Morgan fingerprint density at radius 3 is 2.58 bits per heavy atom. The number of fused-ring (bicyclic) bond motifs is 3. The zero-order valence-electron chi connectivity index (χ0n) is 26.8. The van der Waals surface area contributed by atoms with Crippen molar-refractivity contribution in [2.75, 3.05) is 50.6 Å². The molecular weight excluding hydrogens is 638 g/mol. The molecule has 0 saturated heterocycles. The summed E-state index contributed by atoms with van der Waals surface area (Å²) in [5, 5.41) is 17.3. The monoisotopic (exact) mass is 675 g/mol. The normalized spacial score (nSPS) is 18.4. The number of likely N-dealkylation sites (N-methyl/N-ethyl adjacent to an activating group) is 1. The molecule has 3 aromatic carbocycles. The highest BCUT2D eigenvalue weighted by molar-refractivity contribution is 7.89. The molecule has 0 fully saturated rings. The Bertz CT molecular complexity index is 1950. The lowest BCUT2D eigenvalue weighted by atomic mass is 9.99. The zero-order valence-corrected chi connectivity index (χ0v) is 27.6. The second-order valence-corrected chi connectivity index (χ2v) is 13.9. The van der Waals surface area contributed by atoms with Crippen molar-refractivity contribution in [3.8, 4) is 17.2 Å². The molecule has 14 heteroatoms. The third-order valence-corrected chi connectivity index (χ3v) is 10.3. The van der Waals surface area contributed by atoms with Crippen LogP contribution >= 0.6 is 0 Å². The minimum absolute atomic E-state index is 0.0285. The van der Waals surface area contributed by atoms with Gasteiger partial charge in [-0.15, -0.1) is 0 Å². The summed E-state index contributed by atoms with van der Waals surface area (Å²) in [6, 6.07) is 15.6. The number of nitrogens with zero attached hydrogens (tertiary/aromatic N) is 3. The number of rotatable bonds is 8. The third kappa shape index (κ3) is 6.59. The lowest BCUT2D eigenvalue weighted by Crippen LogP contribution is -2.50. The third-order valence-electron chi connectivity index (χ3n) is 8.51. The predicted octanol–water partition coefficient (Wildman–Crippen LogP) is 4.19. The van der Waals surface area contributed by atoms with Crippen molar-refractivity contribution in [3.05, 3.63) is 78.6 Å². The Balaban J connectivity index is 1.31. The number of amides is 3. The number of carbonyl (C=O) groups is 2. The van der Waals surface area contributed by atoms with Gasteiger partial charge in [0.25, 0.3) is 5.91 Å². The van der Waals surface area contributed by atoms with Gasteiger partial charge in [0.1, 0.15) is 19.3 Å².